The zero-order chi connectivity index (χ0) is 25.1. The molecule has 36 heavy (non-hydrogen) atoms. The number of carboxylic acids is 1. The minimum absolute atomic E-state index is 0.0179. The number of fused-ring (bicyclic) bond motifs is 3. The fraction of sp³-hybridized carbons (Fsp3) is 0.172. The highest BCUT2D eigenvalue weighted by atomic mass is 16.5. The van der Waals surface area contributed by atoms with Gasteiger partial charge < -0.3 is 15.2 Å². The lowest BCUT2D eigenvalue weighted by molar-refractivity contribution is -0.139. The molecule has 0 saturated carbocycles. The standard InChI is InChI=1S/C29H25N3O4/c1-18-8-2-3-9-20(18)27-19(15-30-17-31-27)14-26(28(33)34)32-29(35)36-16-25-23-12-6-4-10-21(23)22-11-5-7-13-24(22)25/h2-13,15,17,25-26H,14,16H2,1H3,(H,32,35)(H,33,34)/t26-/m1/s1. The SMILES string of the molecule is Cc1ccccc1-c1ncncc1C[C@@H](NC(=O)OCC1c2ccccc2-c2ccccc21)C(=O)O. The van der Waals surface area contributed by atoms with Crippen LogP contribution in [0.15, 0.2) is 85.3 Å². The summed E-state index contributed by atoms with van der Waals surface area (Å²) in [6.07, 6.45) is 2.26. The number of ether oxygens (including phenoxy) is 1. The van der Waals surface area contributed by atoms with Gasteiger partial charge in [0.15, 0.2) is 0 Å². The number of alkyl carbamates (subject to hydrolysis) is 1. The number of aryl methyl sites for hydroxylation is 1. The third kappa shape index (κ3) is 4.55. The van der Waals surface area contributed by atoms with Gasteiger partial charge >= 0.3 is 12.1 Å². The Balaban J connectivity index is 1.30. The number of nitrogens with one attached hydrogen (secondary N) is 1. The van der Waals surface area contributed by atoms with E-state index in [1.165, 1.54) is 6.33 Å². The number of hydrogen-bond donors (Lipinski definition) is 2. The molecule has 0 radical (unpaired) electrons. The molecule has 4 aromatic rings. The molecule has 0 aliphatic heterocycles. The second kappa shape index (κ2) is 10.00. The molecule has 180 valence electrons. The Bertz CT molecular complexity index is 1390. The van der Waals surface area contributed by atoms with Crippen molar-refractivity contribution in [2.75, 3.05) is 6.61 Å². The van der Waals surface area contributed by atoms with Gasteiger partial charge in [-0.05, 0) is 40.3 Å². The molecule has 1 aromatic heterocycles. The molecule has 0 spiro atoms. The minimum Gasteiger partial charge on any atom is -0.480 e. The predicted molar refractivity (Wildman–Crippen MR) is 136 cm³/mol. The number of hydrogen-bond acceptors (Lipinski definition) is 5. The number of carbonyl (C=O) groups is 2. The van der Waals surface area contributed by atoms with E-state index in [4.69, 9.17) is 4.74 Å². The van der Waals surface area contributed by atoms with Gasteiger partial charge in [0.25, 0.3) is 0 Å². The van der Waals surface area contributed by atoms with Crippen LogP contribution in [0.2, 0.25) is 0 Å². The fourth-order valence-electron chi connectivity index (χ4n) is 4.79. The first-order valence-electron chi connectivity index (χ1n) is 11.7. The van der Waals surface area contributed by atoms with Crippen LogP contribution in [0.5, 0.6) is 0 Å². The summed E-state index contributed by atoms with van der Waals surface area (Å²) in [5.74, 6) is -1.27. The predicted octanol–water partition coefficient (Wildman–Crippen LogP) is 4.99. The Morgan fingerprint density at radius 2 is 1.56 bits per heavy atom. The Kier molecular flexibility index (Phi) is 6.45. The molecule has 0 bridgehead atoms. The van der Waals surface area contributed by atoms with Crippen LogP contribution in [0, 0.1) is 6.92 Å². The van der Waals surface area contributed by atoms with Crippen LogP contribution in [-0.2, 0) is 16.0 Å². The highest BCUT2D eigenvalue weighted by Crippen LogP contribution is 2.44. The van der Waals surface area contributed by atoms with E-state index >= 15 is 0 Å². The molecule has 1 atom stereocenters. The van der Waals surface area contributed by atoms with Gasteiger partial charge in [-0.15, -0.1) is 0 Å². The van der Waals surface area contributed by atoms with Gasteiger partial charge in [0.05, 0.1) is 5.69 Å². The number of carboxylic acid groups (broad SMARTS) is 1. The van der Waals surface area contributed by atoms with Crippen LogP contribution >= 0.6 is 0 Å². The van der Waals surface area contributed by atoms with Gasteiger partial charge in [0.1, 0.15) is 19.0 Å². The summed E-state index contributed by atoms with van der Waals surface area (Å²) in [5, 5.41) is 12.3. The molecule has 0 fully saturated rings. The Morgan fingerprint density at radius 3 is 2.19 bits per heavy atom. The monoisotopic (exact) mass is 479 g/mol. The van der Waals surface area contributed by atoms with E-state index in [1.807, 2.05) is 67.6 Å². The molecule has 7 nitrogen and oxygen atoms in total. The van der Waals surface area contributed by atoms with Crippen molar-refractivity contribution in [2.24, 2.45) is 0 Å². The molecule has 1 amide bonds. The lowest BCUT2D eigenvalue weighted by atomic mass is 9.98. The number of amides is 1. The zero-order valence-corrected chi connectivity index (χ0v) is 19.7. The first kappa shape index (κ1) is 23.2. The maximum absolute atomic E-state index is 12.7. The van der Waals surface area contributed by atoms with E-state index in [0.29, 0.717) is 11.3 Å². The van der Waals surface area contributed by atoms with Gasteiger partial charge in [-0.3, -0.25) is 0 Å². The number of carbonyl (C=O) groups excluding carboxylic acids is 1. The van der Waals surface area contributed by atoms with Crippen molar-refractivity contribution in [3.05, 3.63) is 108 Å². The lowest BCUT2D eigenvalue weighted by Crippen LogP contribution is -2.43. The average molecular weight is 480 g/mol. The molecule has 1 aliphatic rings. The molecule has 1 aliphatic carbocycles. The van der Waals surface area contributed by atoms with Crippen LogP contribution in [0.1, 0.15) is 28.2 Å². The van der Waals surface area contributed by atoms with Crippen molar-refractivity contribution in [1.29, 1.82) is 0 Å². The number of benzene rings is 3. The van der Waals surface area contributed by atoms with E-state index < -0.39 is 18.1 Å². The number of aliphatic carboxylic acids is 1. The van der Waals surface area contributed by atoms with Crippen molar-refractivity contribution in [1.82, 2.24) is 15.3 Å². The van der Waals surface area contributed by atoms with Crippen molar-refractivity contribution < 1.29 is 19.4 Å². The maximum Gasteiger partial charge on any atom is 0.407 e. The normalized spacial score (nSPS) is 12.9. The van der Waals surface area contributed by atoms with Gasteiger partial charge in [-0.2, -0.15) is 0 Å². The Morgan fingerprint density at radius 1 is 0.944 bits per heavy atom. The summed E-state index contributed by atoms with van der Waals surface area (Å²) in [4.78, 5) is 33.2. The van der Waals surface area contributed by atoms with Crippen LogP contribution < -0.4 is 5.32 Å². The van der Waals surface area contributed by atoms with Crippen LogP contribution in [-0.4, -0.2) is 39.8 Å². The Hall–Kier alpha value is -4.52. The number of nitrogens with zero attached hydrogens (tertiary/aromatic N) is 2. The third-order valence-electron chi connectivity index (χ3n) is 6.55. The second-order valence-electron chi connectivity index (χ2n) is 8.78. The molecule has 3 aromatic carbocycles. The van der Waals surface area contributed by atoms with Crippen molar-refractivity contribution in [3.63, 3.8) is 0 Å². The summed E-state index contributed by atoms with van der Waals surface area (Å²) in [5.41, 5.74) is 7.59. The molecule has 5 rings (SSSR count). The van der Waals surface area contributed by atoms with Crippen molar-refractivity contribution in [3.8, 4) is 22.4 Å². The zero-order valence-electron chi connectivity index (χ0n) is 19.7. The first-order chi connectivity index (χ1) is 17.5. The second-order valence-corrected chi connectivity index (χ2v) is 8.78. The van der Waals surface area contributed by atoms with Gasteiger partial charge in [0, 0.05) is 24.1 Å². The highest BCUT2D eigenvalue weighted by molar-refractivity contribution is 5.81. The smallest absolute Gasteiger partial charge is 0.407 e. The lowest BCUT2D eigenvalue weighted by Gasteiger charge is -2.18. The summed E-state index contributed by atoms with van der Waals surface area (Å²) < 4.78 is 5.55. The summed E-state index contributed by atoms with van der Waals surface area (Å²) in [6.45, 7) is 2.07. The van der Waals surface area contributed by atoms with Crippen LogP contribution in [0.25, 0.3) is 22.4 Å². The summed E-state index contributed by atoms with van der Waals surface area (Å²) in [7, 11) is 0. The highest BCUT2D eigenvalue weighted by Gasteiger charge is 2.30. The molecular formula is C29H25N3O4. The van der Waals surface area contributed by atoms with E-state index in [0.717, 1.165) is 33.4 Å². The number of rotatable bonds is 7. The minimum atomic E-state index is -1.20. The molecule has 0 saturated heterocycles. The molecule has 1 heterocycles. The Labute approximate surface area is 208 Å². The van der Waals surface area contributed by atoms with Gasteiger partial charge in [0.2, 0.25) is 0 Å². The van der Waals surface area contributed by atoms with E-state index in [-0.39, 0.29) is 18.9 Å². The van der Waals surface area contributed by atoms with E-state index in [9.17, 15) is 14.7 Å². The molecule has 0 unspecified atom stereocenters. The maximum atomic E-state index is 12.7. The van der Waals surface area contributed by atoms with Gasteiger partial charge in [-0.25, -0.2) is 19.6 Å². The number of aromatic nitrogens is 2. The summed E-state index contributed by atoms with van der Waals surface area (Å²) in [6, 6.07) is 22.6. The van der Waals surface area contributed by atoms with E-state index in [2.05, 4.69) is 27.4 Å². The van der Waals surface area contributed by atoms with Crippen LogP contribution in [0.4, 0.5) is 4.79 Å². The van der Waals surface area contributed by atoms with E-state index in [1.54, 1.807) is 6.20 Å². The topological polar surface area (TPSA) is 101 Å². The van der Waals surface area contributed by atoms with Crippen molar-refractivity contribution in [2.45, 2.75) is 25.3 Å². The first-order valence-corrected chi connectivity index (χ1v) is 11.7. The average Bonchev–Trinajstić information content (AvgIpc) is 3.21. The molecule has 2 N–H and O–H groups in total. The largest absolute Gasteiger partial charge is 0.480 e. The van der Waals surface area contributed by atoms with Gasteiger partial charge in [-0.1, -0.05) is 72.8 Å². The molecule has 7 heteroatoms. The van der Waals surface area contributed by atoms with Crippen LogP contribution in [0.3, 0.4) is 0 Å². The third-order valence-corrected chi connectivity index (χ3v) is 6.55. The fourth-order valence-corrected chi connectivity index (χ4v) is 4.79. The summed E-state index contributed by atoms with van der Waals surface area (Å²) >= 11 is 0. The van der Waals surface area contributed by atoms with Crippen molar-refractivity contribution >= 4 is 12.1 Å². The quantitative estimate of drug-likeness (QED) is 0.387. The molecular weight excluding hydrogens is 454 g/mol.